The van der Waals surface area contributed by atoms with Crippen molar-refractivity contribution in [1.29, 1.82) is 0 Å². The highest BCUT2D eigenvalue weighted by molar-refractivity contribution is 5.91. The molecule has 0 atom stereocenters. The lowest BCUT2D eigenvalue weighted by atomic mass is 10.0. The predicted molar refractivity (Wildman–Crippen MR) is 132 cm³/mol. The van der Waals surface area contributed by atoms with Crippen LogP contribution >= 0.6 is 0 Å². The number of carbonyl (C=O) groups excluding carboxylic acids is 1. The molecule has 0 aliphatic carbocycles. The molecule has 1 N–H and O–H groups in total. The van der Waals surface area contributed by atoms with E-state index in [2.05, 4.69) is 17.3 Å². The number of rotatable bonds is 20. The maximum atomic E-state index is 12.2. The van der Waals surface area contributed by atoms with Crippen molar-refractivity contribution in [2.75, 3.05) is 6.54 Å². The highest BCUT2D eigenvalue weighted by Crippen LogP contribution is 2.14. The van der Waals surface area contributed by atoms with Crippen molar-refractivity contribution in [3.63, 3.8) is 0 Å². The van der Waals surface area contributed by atoms with E-state index >= 15 is 0 Å². The number of aromatic nitrogens is 2. The molecular weight excluding hydrogens is 398 g/mol. The molecule has 5 heteroatoms. The molecule has 1 amide bonds. The van der Waals surface area contributed by atoms with E-state index in [-0.39, 0.29) is 5.91 Å². The van der Waals surface area contributed by atoms with Crippen LogP contribution in [-0.2, 0) is 6.54 Å². The summed E-state index contributed by atoms with van der Waals surface area (Å²) < 4.78 is 7.40. The summed E-state index contributed by atoms with van der Waals surface area (Å²) in [6.45, 7) is 3.54. The molecule has 0 saturated carbocycles. The lowest BCUT2D eigenvalue weighted by Crippen LogP contribution is -2.23. The van der Waals surface area contributed by atoms with Crippen LogP contribution in [0.25, 0.3) is 0 Å². The van der Waals surface area contributed by atoms with Gasteiger partial charge < -0.3 is 9.73 Å². The van der Waals surface area contributed by atoms with Crippen LogP contribution in [0.15, 0.2) is 35.0 Å². The lowest BCUT2D eigenvalue weighted by molar-refractivity contribution is 0.0923. The van der Waals surface area contributed by atoms with Gasteiger partial charge in [0.15, 0.2) is 5.76 Å². The standard InChI is InChI=1S/C27H45N3O2/c1-2-3-4-5-6-7-8-9-10-11-12-13-14-15-16-17-21-28-27(31)26-20-19-25(32-26)24-30-23-18-22-29-30/h18-20,22-23H,2-17,21,24H2,1H3,(H,28,31). The number of nitrogens with zero attached hydrogens (tertiary/aromatic N) is 2. The van der Waals surface area contributed by atoms with Crippen LogP contribution in [0.4, 0.5) is 0 Å². The van der Waals surface area contributed by atoms with Gasteiger partial charge in [-0.2, -0.15) is 5.10 Å². The molecule has 2 heterocycles. The highest BCUT2D eigenvalue weighted by Gasteiger charge is 2.10. The summed E-state index contributed by atoms with van der Waals surface area (Å²) in [7, 11) is 0. The van der Waals surface area contributed by atoms with E-state index in [1.54, 1.807) is 16.9 Å². The number of amides is 1. The molecular formula is C27H45N3O2. The molecule has 2 aromatic heterocycles. The van der Waals surface area contributed by atoms with Gasteiger partial charge in [0.05, 0.1) is 6.54 Å². The molecule has 0 bridgehead atoms. The van der Waals surface area contributed by atoms with Crippen LogP contribution in [0.5, 0.6) is 0 Å². The van der Waals surface area contributed by atoms with E-state index in [4.69, 9.17) is 4.42 Å². The zero-order valence-corrected chi connectivity index (χ0v) is 20.3. The zero-order valence-electron chi connectivity index (χ0n) is 20.3. The first-order valence-corrected chi connectivity index (χ1v) is 13.1. The number of unbranched alkanes of at least 4 members (excludes halogenated alkanes) is 15. The van der Waals surface area contributed by atoms with Crippen LogP contribution in [0.1, 0.15) is 126 Å². The van der Waals surface area contributed by atoms with Crippen molar-refractivity contribution in [2.45, 2.75) is 116 Å². The molecule has 0 aromatic carbocycles. The third-order valence-corrected chi connectivity index (χ3v) is 6.08. The van der Waals surface area contributed by atoms with E-state index in [0.717, 1.165) is 12.2 Å². The topological polar surface area (TPSA) is 60.1 Å². The third kappa shape index (κ3) is 12.1. The third-order valence-electron chi connectivity index (χ3n) is 6.08. The maximum absolute atomic E-state index is 12.2. The number of hydrogen-bond donors (Lipinski definition) is 1. The summed E-state index contributed by atoms with van der Waals surface area (Å²) in [6, 6.07) is 5.45. The minimum absolute atomic E-state index is 0.127. The van der Waals surface area contributed by atoms with E-state index < -0.39 is 0 Å². The van der Waals surface area contributed by atoms with E-state index in [1.807, 2.05) is 18.3 Å². The summed E-state index contributed by atoms with van der Waals surface area (Å²) >= 11 is 0. The Kier molecular flexibility index (Phi) is 14.3. The van der Waals surface area contributed by atoms with E-state index in [9.17, 15) is 4.79 Å². The second-order valence-electron chi connectivity index (χ2n) is 9.03. The molecule has 2 aromatic rings. The van der Waals surface area contributed by atoms with Gasteiger partial charge in [0.2, 0.25) is 0 Å². The van der Waals surface area contributed by atoms with Gasteiger partial charge in [-0.05, 0) is 24.6 Å². The van der Waals surface area contributed by atoms with Gasteiger partial charge >= 0.3 is 0 Å². The van der Waals surface area contributed by atoms with Crippen LogP contribution < -0.4 is 5.32 Å². The molecule has 180 valence electrons. The fourth-order valence-electron chi connectivity index (χ4n) is 4.10. The fourth-order valence-corrected chi connectivity index (χ4v) is 4.10. The molecule has 0 saturated heterocycles. The van der Waals surface area contributed by atoms with E-state index in [1.165, 1.54) is 96.3 Å². The molecule has 0 unspecified atom stereocenters. The van der Waals surface area contributed by atoms with Crippen molar-refractivity contribution < 1.29 is 9.21 Å². The largest absolute Gasteiger partial charge is 0.454 e. The van der Waals surface area contributed by atoms with Crippen LogP contribution in [0.2, 0.25) is 0 Å². The Morgan fingerprint density at radius 3 is 1.94 bits per heavy atom. The average molecular weight is 444 g/mol. The maximum Gasteiger partial charge on any atom is 0.286 e. The van der Waals surface area contributed by atoms with Crippen LogP contribution in [0, 0.1) is 0 Å². The molecule has 5 nitrogen and oxygen atoms in total. The van der Waals surface area contributed by atoms with Crippen molar-refractivity contribution in [3.05, 3.63) is 42.1 Å². The number of hydrogen-bond acceptors (Lipinski definition) is 3. The quantitative estimate of drug-likeness (QED) is 0.215. The zero-order chi connectivity index (χ0) is 22.7. The molecule has 0 aliphatic heterocycles. The summed E-state index contributed by atoms with van der Waals surface area (Å²) in [5.41, 5.74) is 0. The van der Waals surface area contributed by atoms with Gasteiger partial charge in [-0.25, -0.2) is 0 Å². The number of furan rings is 1. The van der Waals surface area contributed by atoms with Crippen molar-refractivity contribution in [3.8, 4) is 0 Å². The fraction of sp³-hybridized carbons (Fsp3) is 0.704. The van der Waals surface area contributed by atoms with Crippen LogP contribution in [-0.4, -0.2) is 22.2 Å². The van der Waals surface area contributed by atoms with Crippen molar-refractivity contribution in [2.24, 2.45) is 0 Å². The first kappa shape index (κ1) is 26.2. The summed E-state index contributed by atoms with van der Waals surface area (Å²) in [4.78, 5) is 12.2. The molecule has 0 spiro atoms. The normalized spacial score (nSPS) is 11.2. The molecule has 0 radical (unpaired) electrons. The highest BCUT2D eigenvalue weighted by atomic mass is 16.4. The number of nitrogens with one attached hydrogen (secondary N) is 1. The Bertz CT molecular complexity index is 694. The van der Waals surface area contributed by atoms with Gasteiger partial charge in [0, 0.05) is 18.9 Å². The van der Waals surface area contributed by atoms with Gasteiger partial charge in [-0.1, -0.05) is 103 Å². The molecule has 2 rings (SSSR count). The average Bonchev–Trinajstić information content (AvgIpc) is 3.48. The molecule has 32 heavy (non-hydrogen) atoms. The minimum Gasteiger partial charge on any atom is -0.454 e. The molecule has 0 fully saturated rings. The van der Waals surface area contributed by atoms with Gasteiger partial charge in [0.1, 0.15) is 5.76 Å². The number of carbonyl (C=O) groups is 1. The van der Waals surface area contributed by atoms with Gasteiger partial charge in [-0.3, -0.25) is 9.48 Å². The SMILES string of the molecule is CCCCCCCCCCCCCCCCCCNC(=O)c1ccc(Cn2cccn2)o1. The Hall–Kier alpha value is -2.04. The van der Waals surface area contributed by atoms with E-state index in [0.29, 0.717) is 18.8 Å². The Morgan fingerprint density at radius 2 is 1.41 bits per heavy atom. The monoisotopic (exact) mass is 443 g/mol. The van der Waals surface area contributed by atoms with Gasteiger partial charge in [-0.15, -0.1) is 0 Å². The summed E-state index contributed by atoms with van der Waals surface area (Å²) in [6.07, 6.45) is 25.3. The Labute approximate surface area is 195 Å². The second kappa shape index (κ2) is 17.5. The van der Waals surface area contributed by atoms with Crippen LogP contribution in [0.3, 0.4) is 0 Å². The Morgan fingerprint density at radius 1 is 0.844 bits per heavy atom. The lowest BCUT2D eigenvalue weighted by Gasteiger charge is -2.05. The molecule has 0 aliphatic rings. The first-order chi connectivity index (χ1) is 15.8. The smallest absolute Gasteiger partial charge is 0.286 e. The van der Waals surface area contributed by atoms with Gasteiger partial charge in [0.25, 0.3) is 5.91 Å². The van der Waals surface area contributed by atoms with Crippen molar-refractivity contribution >= 4 is 5.91 Å². The summed E-state index contributed by atoms with van der Waals surface area (Å²) in [5.74, 6) is 0.989. The minimum atomic E-state index is -0.127. The van der Waals surface area contributed by atoms with Crippen molar-refractivity contribution in [1.82, 2.24) is 15.1 Å². The first-order valence-electron chi connectivity index (χ1n) is 13.1. The summed E-state index contributed by atoms with van der Waals surface area (Å²) in [5, 5.41) is 7.11. The Balaban J connectivity index is 1.34. The second-order valence-corrected chi connectivity index (χ2v) is 9.03. The predicted octanol–water partition coefficient (Wildman–Crippen LogP) is 7.52.